The van der Waals surface area contributed by atoms with Crippen molar-refractivity contribution in [1.82, 2.24) is 9.88 Å². The molecule has 1 heterocycles. The Balaban J connectivity index is 2.75. The van der Waals surface area contributed by atoms with Gasteiger partial charge in [0, 0.05) is 19.3 Å². The molecule has 1 amide bonds. The average Bonchev–Trinajstić information content (AvgIpc) is 2.78. The van der Waals surface area contributed by atoms with Crippen LogP contribution in [-0.2, 0) is 16.6 Å². The van der Waals surface area contributed by atoms with Crippen LogP contribution in [0.2, 0.25) is 0 Å². The van der Waals surface area contributed by atoms with Gasteiger partial charge in [-0.1, -0.05) is 13.8 Å². The van der Waals surface area contributed by atoms with Crippen LogP contribution in [0.15, 0.2) is 17.2 Å². The fourth-order valence-electron chi connectivity index (χ4n) is 1.89. The monoisotopic (exact) mass is 301 g/mol. The summed E-state index contributed by atoms with van der Waals surface area (Å²) in [7, 11) is -3.79. The molecule has 0 atom stereocenters. The van der Waals surface area contributed by atoms with Gasteiger partial charge in [0.2, 0.25) is 10.0 Å². The highest BCUT2D eigenvalue weighted by molar-refractivity contribution is 7.89. The number of hydrogen-bond acceptors (Lipinski definition) is 3. The second-order valence-corrected chi connectivity index (χ2v) is 6.75. The van der Waals surface area contributed by atoms with Crippen LogP contribution in [-0.4, -0.2) is 25.4 Å². The van der Waals surface area contributed by atoms with E-state index >= 15 is 0 Å². The average molecular weight is 301 g/mol. The third kappa shape index (κ3) is 4.64. The van der Waals surface area contributed by atoms with E-state index in [1.54, 1.807) is 4.57 Å². The number of aromatic nitrogens is 1. The fraction of sp³-hybridized carbons (Fsp3) is 0.615. The number of carbonyl (C=O) groups is 1. The van der Waals surface area contributed by atoms with E-state index in [4.69, 9.17) is 5.14 Å². The van der Waals surface area contributed by atoms with E-state index in [9.17, 15) is 13.2 Å². The highest BCUT2D eigenvalue weighted by Gasteiger charge is 2.18. The van der Waals surface area contributed by atoms with E-state index < -0.39 is 10.0 Å². The van der Waals surface area contributed by atoms with E-state index in [1.807, 2.05) is 6.92 Å². The first-order valence-electron chi connectivity index (χ1n) is 6.76. The maximum atomic E-state index is 12.0. The van der Waals surface area contributed by atoms with Crippen LogP contribution in [0.25, 0.3) is 0 Å². The maximum absolute atomic E-state index is 12.0. The third-order valence-corrected chi connectivity index (χ3v) is 3.90. The topological polar surface area (TPSA) is 94.2 Å². The summed E-state index contributed by atoms with van der Waals surface area (Å²) in [6.07, 6.45) is 3.33. The minimum atomic E-state index is -3.79. The van der Waals surface area contributed by atoms with Crippen molar-refractivity contribution >= 4 is 15.9 Å². The van der Waals surface area contributed by atoms with Crippen LogP contribution in [0.3, 0.4) is 0 Å². The summed E-state index contributed by atoms with van der Waals surface area (Å²) in [5.74, 6) is 0.325. The summed E-state index contributed by atoms with van der Waals surface area (Å²) >= 11 is 0. The first-order chi connectivity index (χ1) is 9.25. The number of sulfonamides is 1. The molecule has 0 unspecified atom stereocenters. The van der Waals surface area contributed by atoms with Gasteiger partial charge in [-0.2, -0.15) is 0 Å². The van der Waals surface area contributed by atoms with Crippen molar-refractivity contribution in [2.45, 2.75) is 45.1 Å². The molecule has 1 rings (SSSR count). The second kappa shape index (κ2) is 6.90. The minimum absolute atomic E-state index is 0.0355. The largest absolute Gasteiger partial charge is 0.351 e. The van der Waals surface area contributed by atoms with Crippen molar-refractivity contribution in [3.63, 3.8) is 0 Å². The zero-order valence-electron chi connectivity index (χ0n) is 12.2. The SMILES string of the molecule is CCn1cc(S(N)(=O)=O)cc1C(=O)NCCCC(C)C. The summed E-state index contributed by atoms with van der Waals surface area (Å²) in [5.41, 5.74) is 0.320. The highest BCUT2D eigenvalue weighted by Crippen LogP contribution is 2.13. The summed E-state index contributed by atoms with van der Waals surface area (Å²) in [6.45, 7) is 7.17. The van der Waals surface area contributed by atoms with E-state index in [-0.39, 0.29) is 10.8 Å². The molecular weight excluding hydrogens is 278 g/mol. The van der Waals surface area contributed by atoms with E-state index in [0.29, 0.717) is 24.7 Å². The molecule has 7 heteroatoms. The molecule has 0 saturated carbocycles. The van der Waals surface area contributed by atoms with E-state index in [2.05, 4.69) is 19.2 Å². The Morgan fingerprint density at radius 2 is 2.10 bits per heavy atom. The lowest BCUT2D eigenvalue weighted by atomic mass is 10.1. The van der Waals surface area contributed by atoms with Gasteiger partial charge in [0.05, 0.1) is 0 Å². The molecule has 1 aromatic rings. The summed E-state index contributed by atoms with van der Waals surface area (Å²) in [4.78, 5) is 12.0. The number of primary sulfonamides is 1. The number of nitrogens with zero attached hydrogens (tertiary/aromatic N) is 1. The Hall–Kier alpha value is -1.34. The molecule has 0 aromatic carbocycles. The molecule has 0 aliphatic rings. The molecular formula is C13H23N3O3S. The Labute approximate surface area is 120 Å². The first-order valence-corrected chi connectivity index (χ1v) is 8.31. The molecule has 0 bridgehead atoms. The van der Waals surface area contributed by atoms with Gasteiger partial charge in [0.15, 0.2) is 0 Å². The number of nitrogens with one attached hydrogen (secondary N) is 1. The van der Waals surface area contributed by atoms with Gasteiger partial charge in [0.25, 0.3) is 5.91 Å². The van der Waals surface area contributed by atoms with Crippen LogP contribution < -0.4 is 10.5 Å². The molecule has 0 spiro atoms. The molecule has 0 radical (unpaired) electrons. The van der Waals surface area contributed by atoms with Gasteiger partial charge in [-0.05, 0) is 31.7 Å². The lowest BCUT2D eigenvalue weighted by molar-refractivity contribution is 0.0943. The summed E-state index contributed by atoms with van der Waals surface area (Å²) in [5, 5.41) is 7.87. The smallest absolute Gasteiger partial charge is 0.267 e. The Kier molecular flexibility index (Phi) is 5.76. The van der Waals surface area contributed by atoms with Gasteiger partial charge in [-0.25, -0.2) is 13.6 Å². The Morgan fingerprint density at radius 3 is 2.60 bits per heavy atom. The van der Waals surface area contributed by atoms with Gasteiger partial charge in [-0.3, -0.25) is 4.79 Å². The van der Waals surface area contributed by atoms with Crippen molar-refractivity contribution in [2.75, 3.05) is 6.54 Å². The van der Waals surface area contributed by atoms with Crippen molar-refractivity contribution < 1.29 is 13.2 Å². The van der Waals surface area contributed by atoms with Crippen LogP contribution in [0.5, 0.6) is 0 Å². The zero-order chi connectivity index (χ0) is 15.3. The van der Waals surface area contributed by atoms with E-state index in [0.717, 1.165) is 12.8 Å². The number of nitrogens with two attached hydrogens (primary N) is 1. The van der Waals surface area contributed by atoms with Gasteiger partial charge in [-0.15, -0.1) is 0 Å². The van der Waals surface area contributed by atoms with Crippen LogP contribution in [0.1, 0.15) is 44.1 Å². The quantitative estimate of drug-likeness (QED) is 0.744. The first kappa shape index (κ1) is 16.7. The molecule has 20 heavy (non-hydrogen) atoms. The lowest BCUT2D eigenvalue weighted by Crippen LogP contribution is -2.26. The van der Waals surface area contributed by atoms with Crippen molar-refractivity contribution in [1.29, 1.82) is 0 Å². The van der Waals surface area contributed by atoms with E-state index in [1.165, 1.54) is 12.3 Å². The molecule has 0 saturated heterocycles. The Bertz CT molecular complexity index is 561. The number of carbonyl (C=O) groups excluding carboxylic acids is 1. The summed E-state index contributed by atoms with van der Waals surface area (Å²) < 4.78 is 24.2. The Morgan fingerprint density at radius 1 is 1.45 bits per heavy atom. The normalized spacial score (nSPS) is 11.8. The molecule has 0 fully saturated rings. The van der Waals surface area contributed by atoms with Crippen LogP contribution in [0.4, 0.5) is 0 Å². The predicted molar refractivity (Wildman–Crippen MR) is 77.9 cm³/mol. The van der Waals surface area contributed by atoms with Crippen molar-refractivity contribution in [3.8, 4) is 0 Å². The predicted octanol–water partition coefficient (Wildman–Crippen LogP) is 1.32. The summed E-state index contributed by atoms with van der Waals surface area (Å²) in [6, 6.07) is 1.32. The minimum Gasteiger partial charge on any atom is -0.351 e. The van der Waals surface area contributed by atoms with Gasteiger partial charge >= 0.3 is 0 Å². The third-order valence-electron chi connectivity index (χ3n) is 3.02. The zero-order valence-corrected chi connectivity index (χ0v) is 13.0. The molecule has 0 aliphatic carbocycles. The maximum Gasteiger partial charge on any atom is 0.267 e. The molecule has 6 nitrogen and oxygen atoms in total. The van der Waals surface area contributed by atoms with Crippen LogP contribution in [0, 0.1) is 5.92 Å². The number of rotatable bonds is 7. The van der Waals surface area contributed by atoms with Gasteiger partial charge in [0.1, 0.15) is 10.6 Å². The number of hydrogen-bond donors (Lipinski definition) is 2. The van der Waals surface area contributed by atoms with Gasteiger partial charge < -0.3 is 9.88 Å². The molecule has 114 valence electrons. The highest BCUT2D eigenvalue weighted by atomic mass is 32.2. The van der Waals surface area contributed by atoms with Crippen LogP contribution >= 0.6 is 0 Å². The lowest BCUT2D eigenvalue weighted by Gasteiger charge is -2.08. The second-order valence-electron chi connectivity index (χ2n) is 5.18. The number of amides is 1. The standard InChI is InChI=1S/C13H23N3O3S/c1-4-16-9-11(20(14,18)19)8-12(16)13(17)15-7-5-6-10(2)3/h8-10H,4-7H2,1-3H3,(H,15,17)(H2,14,18,19). The molecule has 0 aliphatic heterocycles. The molecule has 3 N–H and O–H groups in total. The molecule has 1 aromatic heterocycles. The van der Waals surface area contributed by atoms with Crippen molar-refractivity contribution in [3.05, 3.63) is 18.0 Å². The fourth-order valence-corrected chi connectivity index (χ4v) is 2.44. The van der Waals surface area contributed by atoms with Crippen molar-refractivity contribution in [2.24, 2.45) is 11.1 Å². The number of aryl methyl sites for hydroxylation is 1.